The fourth-order valence-corrected chi connectivity index (χ4v) is 3.23. The molecule has 3 heterocycles. The summed E-state index contributed by atoms with van der Waals surface area (Å²) in [5.74, 6) is -0.696. The van der Waals surface area contributed by atoms with Gasteiger partial charge >= 0.3 is 6.18 Å². The van der Waals surface area contributed by atoms with E-state index in [9.17, 15) is 22.8 Å². The standard InChI is InChI=1S/C21H14F3N5O2/c1-11-17(14-3-2-4-15-13(14)6-8-26-19(15)30)27-10-28-18(11)20(31)29-12-5-7-25-16(9-12)21(22,23)24/h2-10H,1H3,(H,26,30)(H,25,29,31). The van der Waals surface area contributed by atoms with Crippen molar-refractivity contribution in [3.63, 3.8) is 0 Å². The summed E-state index contributed by atoms with van der Waals surface area (Å²) in [6, 6.07) is 8.85. The average molecular weight is 425 g/mol. The van der Waals surface area contributed by atoms with E-state index in [-0.39, 0.29) is 16.9 Å². The number of carbonyl (C=O) groups excluding carboxylic acids is 1. The van der Waals surface area contributed by atoms with Crippen molar-refractivity contribution in [2.45, 2.75) is 13.1 Å². The Morgan fingerprint density at radius 3 is 2.65 bits per heavy atom. The monoisotopic (exact) mass is 425 g/mol. The maximum absolute atomic E-state index is 12.9. The van der Waals surface area contributed by atoms with E-state index in [1.165, 1.54) is 18.6 Å². The number of fused-ring (bicyclic) bond motifs is 1. The van der Waals surface area contributed by atoms with Crippen molar-refractivity contribution in [1.29, 1.82) is 0 Å². The molecule has 4 rings (SSSR count). The summed E-state index contributed by atoms with van der Waals surface area (Å²) >= 11 is 0. The summed E-state index contributed by atoms with van der Waals surface area (Å²) in [7, 11) is 0. The fourth-order valence-electron chi connectivity index (χ4n) is 3.23. The Morgan fingerprint density at radius 1 is 1.06 bits per heavy atom. The highest BCUT2D eigenvalue weighted by Crippen LogP contribution is 2.30. The van der Waals surface area contributed by atoms with Gasteiger partial charge in [0, 0.05) is 34.6 Å². The Balaban J connectivity index is 1.73. The highest BCUT2D eigenvalue weighted by molar-refractivity contribution is 6.05. The van der Waals surface area contributed by atoms with Crippen LogP contribution in [0.3, 0.4) is 0 Å². The van der Waals surface area contributed by atoms with Crippen LogP contribution in [-0.4, -0.2) is 25.8 Å². The Bertz CT molecular complexity index is 1370. The molecule has 4 aromatic rings. The highest BCUT2D eigenvalue weighted by atomic mass is 19.4. The van der Waals surface area contributed by atoms with Crippen LogP contribution < -0.4 is 10.9 Å². The first-order chi connectivity index (χ1) is 14.8. The summed E-state index contributed by atoms with van der Waals surface area (Å²) in [4.78, 5) is 39.0. The van der Waals surface area contributed by atoms with E-state index in [4.69, 9.17) is 0 Å². The van der Waals surface area contributed by atoms with E-state index in [2.05, 4.69) is 25.3 Å². The van der Waals surface area contributed by atoms with E-state index in [1.807, 2.05) is 0 Å². The van der Waals surface area contributed by atoms with Crippen LogP contribution in [0.15, 0.2) is 59.9 Å². The van der Waals surface area contributed by atoms with Gasteiger partial charge in [-0.3, -0.25) is 14.6 Å². The lowest BCUT2D eigenvalue weighted by atomic mass is 9.99. The molecule has 1 aromatic carbocycles. The number of amides is 1. The van der Waals surface area contributed by atoms with Crippen molar-refractivity contribution in [1.82, 2.24) is 19.9 Å². The lowest BCUT2D eigenvalue weighted by Crippen LogP contribution is -2.17. The highest BCUT2D eigenvalue weighted by Gasteiger charge is 2.32. The molecule has 0 saturated carbocycles. The third-order valence-corrected chi connectivity index (χ3v) is 4.68. The molecule has 0 bridgehead atoms. The number of benzene rings is 1. The Kier molecular flexibility index (Phi) is 4.97. The summed E-state index contributed by atoms with van der Waals surface area (Å²) in [6.45, 7) is 1.63. The Hall–Kier alpha value is -4.08. The molecule has 31 heavy (non-hydrogen) atoms. The van der Waals surface area contributed by atoms with E-state index in [0.29, 0.717) is 27.6 Å². The van der Waals surface area contributed by atoms with Gasteiger partial charge in [0.2, 0.25) is 0 Å². The van der Waals surface area contributed by atoms with Crippen molar-refractivity contribution < 1.29 is 18.0 Å². The van der Waals surface area contributed by atoms with Crippen LogP contribution in [0.4, 0.5) is 18.9 Å². The molecule has 7 nitrogen and oxygen atoms in total. The molecule has 1 amide bonds. The zero-order valence-electron chi connectivity index (χ0n) is 16.0. The number of H-pyrrole nitrogens is 1. The minimum absolute atomic E-state index is 0.00258. The van der Waals surface area contributed by atoms with E-state index < -0.39 is 17.8 Å². The largest absolute Gasteiger partial charge is 0.433 e. The molecular weight excluding hydrogens is 411 g/mol. The smallest absolute Gasteiger partial charge is 0.329 e. The molecule has 0 saturated heterocycles. The van der Waals surface area contributed by atoms with Gasteiger partial charge < -0.3 is 10.3 Å². The van der Waals surface area contributed by atoms with Crippen LogP contribution in [0.5, 0.6) is 0 Å². The number of hydrogen-bond donors (Lipinski definition) is 2. The SMILES string of the molecule is Cc1c(C(=O)Nc2ccnc(C(F)(F)F)c2)ncnc1-c1cccc2c(=O)[nH]ccc12. The lowest BCUT2D eigenvalue weighted by Gasteiger charge is -2.12. The molecular formula is C21H14F3N5O2. The van der Waals surface area contributed by atoms with Gasteiger partial charge in [-0.15, -0.1) is 0 Å². The van der Waals surface area contributed by atoms with Crippen LogP contribution in [0.25, 0.3) is 22.0 Å². The predicted octanol–water partition coefficient (Wildman–Crippen LogP) is 3.96. The number of anilines is 1. The molecule has 156 valence electrons. The zero-order chi connectivity index (χ0) is 22.2. The van der Waals surface area contributed by atoms with Gasteiger partial charge in [-0.05, 0) is 36.6 Å². The molecule has 10 heteroatoms. The third-order valence-electron chi connectivity index (χ3n) is 4.68. The molecule has 2 N–H and O–H groups in total. The second-order valence-electron chi connectivity index (χ2n) is 6.65. The predicted molar refractivity (Wildman–Crippen MR) is 108 cm³/mol. The van der Waals surface area contributed by atoms with Crippen molar-refractivity contribution in [2.24, 2.45) is 0 Å². The number of aromatic nitrogens is 4. The average Bonchev–Trinajstić information content (AvgIpc) is 2.73. The molecule has 0 unspecified atom stereocenters. The molecule has 0 aliphatic rings. The summed E-state index contributed by atoms with van der Waals surface area (Å²) in [5, 5.41) is 3.51. The molecule has 3 aromatic heterocycles. The molecule has 0 aliphatic heterocycles. The van der Waals surface area contributed by atoms with Crippen LogP contribution in [0, 0.1) is 6.92 Å². The van der Waals surface area contributed by atoms with Crippen LogP contribution in [0.2, 0.25) is 0 Å². The number of nitrogens with one attached hydrogen (secondary N) is 2. The van der Waals surface area contributed by atoms with Gasteiger partial charge in [0.1, 0.15) is 17.7 Å². The maximum Gasteiger partial charge on any atom is 0.433 e. The number of alkyl halides is 3. The third kappa shape index (κ3) is 3.87. The molecule has 0 fully saturated rings. The van der Waals surface area contributed by atoms with Crippen molar-refractivity contribution in [3.8, 4) is 11.3 Å². The normalized spacial score (nSPS) is 11.5. The quantitative estimate of drug-likeness (QED) is 0.518. The molecule has 0 radical (unpaired) electrons. The molecule has 0 atom stereocenters. The van der Waals surface area contributed by atoms with Gasteiger partial charge in [0.05, 0.1) is 5.69 Å². The topological polar surface area (TPSA) is 101 Å². The number of halogens is 3. The maximum atomic E-state index is 12.9. The summed E-state index contributed by atoms with van der Waals surface area (Å²) < 4.78 is 38.6. The second-order valence-corrected chi connectivity index (χ2v) is 6.65. The van der Waals surface area contributed by atoms with Gasteiger partial charge in [0.25, 0.3) is 11.5 Å². The van der Waals surface area contributed by atoms with Gasteiger partial charge in [-0.25, -0.2) is 9.97 Å². The van der Waals surface area contributed by atoms with E-state index in [0.717, 1.165) is 12.3 Å². The number of aromatic amines is 1. The summed E-state index contributed by atoms with van der Waals surface area (Å²) in [5.41, 5.74) is 0.0233. The van der Waals surface area contributed by atoms with Crippen molar-refractivity contribution >= 4 is 22.4 Å². The van der Waals surface area contributed by atoms with Gasteiger partial charge in [-0.2, -0.15) is 13.2 Å². The zero-order valence-corrected chi connectivity index (χ0v) is 16.0. The molecule has 0 aliphatic carbocycles. The Labute approximate surface area is 173 Å². The van der Waals surface area contributed by atoms with Gasteiger partial charge in [-0.1, -0.05) is 12.1 Å². The van der Waals surface area contributed by atoms with E-state index >= 15 is 0 Å². The van der Waals surface area contributed by atoms with Crippen molar-refractivity contribution in [3.05, 3.63) is 82.4 Å². The van der Waals surface area contributed by atoms with E-state index in [1.54, 1.807) is 31.2 Å². The summed E-state index contributed by atoms with van der Waals surface area (Å²) in [6.07, 6.45) is -0.966. The number of pyridine rings is 2. The first-order valence-electron chi connectivity index (χ1n) is 9.02. The second kappa shape index (κ2) is 7.63. The number of nitrogens with zero attached hydrogens (tertiary/aromatic N) is 3. The van der Waals surface area contributed by atoms with Crippen LogP contribution in [0.1, 0.15) is 21.7 Å². The van der Waals surface area contributed by atoms with Crippen LogP contribution >= 0.6 is 0 Å². The minimum Gasteiger partial charge on any atom is -0.329 e. The van der Waals surface area contributed by atoms with Crippen LogP contribution in [-0.2, 0) is 6.18 Å². The number of rotatable bonds is 3. The number of hydrogen-bond acceptors (Lipinski definition) is 5. The number of carbonyl (C=O) groups is 1. The molecule has 0 spiro atoms. The first-order valence-corrected chi connectivity index (χ1v) is 9.02. The first kappa shape index (κ1) is 20.2. The Morgan fingerprint density at radius 2 is 1.87 bits per heavy atom. The minimum atomic E-state index is -4.63. The lowest BCUT2D eigenvalue weighted by molar-refractivity contribution is -0.141. The van der Waals surface area contributed by atoms with Crippen molar-refractivity contribution in [2.75, 3.05) is 5.32 Å². The fraction of sp³-hybridized carbons (Fsp3) is 0.0952. The van der Waals surface area contributed by atoms with Gasteiger partial charge in [0.15, 0.2) is 0 Å².